The van der Waals surface area contributed by atoms with Crippen molar-refractivity contribution in [2.24, 2.45) is 11.8 Å². The van der Waals surface area contributed by atoms with E-state index in [0.29, 0.717) is 11.8 Å². The minimum Gasteiger partial charge on any atom is -0.375 e. The van der Waals surface area contributed by atoms with E-state index >= 15 is 0 Å². The van der Waals surface area contributed by atoms with Gasteiger partial charge >= 0.3 is 0 Å². The van der Waals surface area contributed by atoms with Gasteiger partial charge in [-0.1, -0.05) is 33.8 Å². The highest BCUT2D eigenvalue weighted by Crippen LogP contribution is 2.22. The lowest BCUT2D eigenvalue weighted by Gasteiger charge is -2.25. The Bertz CT molecular complexity index is 174. The summed E-state index contributed by atoms with van der Waals surface area (Å²) < 4.78 is 0. The van der Waals surface area contributed by atoms with Gasteiger partial charge in [-0.3, -0.25) is 0 Å². The first-order valence-corrected chi connectivity index (χ1v) is 5.58. The Kier molecular flexibility index (Phi) is 3.83. The monoisotopic (exact) mass is 181 g/mol. The Morgan fingerprint density at radius 2 is 1.62 bits per heavy atom. The van der Waals surface area contributed by atoms with Gasteiger partial charge in [-0.2, -0.15) is 0 Å². The highest BCUT2D eigenvalue weighted by molar-refractivity contribution is 5.06. The number of hydrogen-bond donors (Lipinski definition) is 0. The van der Waals surface area contributed by atoms with Gasteiger partial charge in [0.15, 0.2) is 0 Å². The fraction of sp³-hybridized carbons (Fsp3) is 0.833. The summed E-state index contributed by atoms with van der Waals surface area (Å²) in [5.41, 5.74) is 1.56. The van der Waals surface area contributed by atoms with Gasteiger partial charge in [0.1, 0.15) is 0 Å². The predicted octanol–water partition coefficient (Wildman–Crippen LogP) is 3.28. The standard InChI is InChI=1S/C12H23N/c1-10(2)9-12(11(3)4)13-7-5-6-8-13/h9-11H,5-8H2,1-4H3/b12-9+. The average Bonchev–Trinajstić information content (AvgIpc) is 2.50. The summed E-state index contributed by atoms with van der Waals surface area (Å²) in [5.74, 6) is 1.36. The first kappa shape index (κ1) is 10.6. The second kappa shape index (κ2) is 4.69. The summed E-state index contributed by atoms with van der Waals surface area (Å²) in [6, 6.07) is 0. The smallest absolute Gasteiger partial charge is 0.0175 e. The molecule has 0 aliphatic carbocycles. The van der Waals surface area contributed by atoms with Crippen LogP contribution < -0.4 is 0 Å². The molecule has 1 aliphatic rings. The molecule has 0 spiro atoms. The van der Waals surface area contributed by atoms with Gasteiger partial charge in [0.05, 0.1) is 0 Å². The number of likely N-dealkylation sites (tertiary alicyclic amines) is 1. The fourth-order valence-electron chi connectivity index (χ4n) is 1.98. The van der Waals surface area contributed by atoms with E-state index in [1.165, 1.54) is 25.9 Å². The van der Waals surface area contributed by atoms with Gasteiger partial charge in [0.2, 0.25) is 0 Å². The summed E-state index contributed by atoms with van der Waals surface area (Å²) in [7, 11) is 0. The maximum absolute atomic E-state index is 2.56. The highest BCUT2D eigenvalue weighted by atomic mass is 15.2. The molecule has 1 saturated heterocycles. The molecule has 1 nitrogen and oxygen atoms in total. The van der Waals surface area contributed by atoms with E-state index in [1.54, 1.807) is 5.70 Å². The van der Waals surface area contributed by atoms with Gasteiger partial charge in [0, 0.05) is 18.8 Å². The SMILES string of the molecule is CC(C)/C=C(\C(C)C)N1CCCC1. The van der Waals surface area contributed by atoms with Crippen molar-refractivity contribution < 1.29 is 0 Å². The lowest BCUT2D eigenvalue weighted by molar-refractivity contribution is 0.375. The molecular formula is C12H23N. The predicted molar refractivity (Wildman–Crippen MR) is 58.6 cm³/mol. The van der Waals surface area contributed by atoms with Gasteiger partial charge in [-0.15, -0.1) is 0 Å². The van der Waals surface area contributed by atoms with Crippen molar-refractivity contribution in [3.05, 3.63) is 11.8 Å². The largest absolute Gasteiger partial charge is 0.375 e. The summed E-state index contributed by atoms with van der Waals surface area (Å²) in [5, 5.41) is 0. The maximum Gasteiger partial charge on any atom is 0.0175 e. The lowest BCUT2D eigenvalue weighted by Crippen LogP contribution is -2.22. The summed E-state index contributed by atoms with van der Waals surface area (Å²) in [6.07, 6.45) is 5.18. The van der Waals surface area contributed by atoms with Crippen LogP contribution in [0.2, 0.25) is 0 Å². The zero-order valence-electron chi connectivity index (χ0n) is 9.51. The van der Waals surface area contributed by atoms with Crippen LogP contribution in [-0.2, 0) is 0 Å². The van der Waals surface area contributed by atoms with Crippen molar-refractivity contribution >= 4 is 0 Å². The Labute approximate surface area is 82.8 Å². The molecule has 0 aromatic carbocycles. The second-order valence-corrected chi connectivity index (χ2v) is 4.68. The van der Waals surface area contributed by atoms with Gasteiger partial charge < -0.3 is 4.90 Å². The zero-order valence-corrected chi connectivity index (χ0v) is 9.51. The van der Waals surface area contributed by atoms with Crippen LogP contribution in [0.4, 0.5) is 0 Å². The van der Waals surface area contributed by atoms with E-state index in [4.69, 9.17) is 0 Å². The van der Waals surface area contributed by atoms with E-state index in [0.717, 1.165) is 0 Å². The first-order valence-electron chi connectivity index (χ1n) is 5.58. The lowest BCUT2D eigenvalue weighted by atomic mass is 10.0. The molecule has 0 radical (unpaired) electrons. The van der Waals surface area contributed by atoms with E-state index in [1.807, 2.05) is 0 Å². The average molecular weight is 181 g/mol. The van der Waals surface area contributed by atoms with Gasteiger partial charge in [-0.25, -0.2) is 0 Å². The molecule has 1 aliphatic heterocycles. The molecule has 0 aromatic rings. The molecule has 0 atom stereocenters. The van der Waals surface area contributed by atoms with Crippen molar-refractivity contribution in [3.8, 4) is 0 Å². The van der Waals surface area contributed by atoms with Crippen molar-refractivity contribution in [2.45, 2.75) is 40.5 Å². The van der Waals surface area contributed by atoms with Crippen molar-refractivity contribution in [3.63, 3.8) is 0 Å². The molecule has 0 N–H and O–H groups in total. The van der Waals surface area contributed by atoms with E-state index in [-0.39, 0.29) is 0 Å². The van der Waals surface area contributed by atoms with Crippen LogP contribution in [0.15, 0.2) is 11.8 Å². The molecule has 13 heavy (non-hydrogen) atoms. The van der Waals surface area contributed by atoms with Crippen LogP contribution in [0.5, 0.6) is 0 Å². The van der Waals surface area contributed by atoms with Crippen molar-refractivity contribution in [2.75, 3.05) is 13.1 Å². The normalized spacial score (nSPS) is 19.2. The summed E-state index contributed by atoms with van der Waals surface area (Å²) >= 11 is 0. The Balaban J connectivity index is 2.66. The van der Waals surface area contributed by atoms with Gasteiger partial charge in [-0.05, 0) is 24.7 Å². The highest BCUT2D eigenvalue weighted by Gasteiger charge is 2.16. The first-order chi connectivity index (χ1) is 6.11. The minimum absolute atomic E-state index is 0.679. The fourth-order valence-corrected chi connectivity index (χ4v) is 1.98. The second-order valence-electron chi connectivity index (χ2n) is 4.68. The maximum atomic E-state index is 2.56. The molecule has 1 fully saturated rings. The number of hydrogen-bond acceptors (Lipinski definition) is 1. The molecule has 0 amide bonds. The van der Waals surface area contributed by atoms with Crippen LogP contribution in [0.3, 0.4) is 0 Å². The number of nitrogens with zero attached hydrogens (tertiary/aromatic N) is 1. The van der Waals surface area contributed by atoms with Crippen LogP contribution in [0.1, 0.15) is 40.5 Å². The van der Waals surface area contributed by atoms with E-state index < -0.39 is 0 Å². The van der Waals surface area contributed by atoms with Crippen LogP contribution in [-0.4, -0.2) is 18.0 Å². The molecule has 0 unspecified atom stereocenters. The molecule has 76 valence electrons. The quantitative estimate of drug-likeness (QED) is 0.646. The third kappa shape index (κ3) is 3.06. The molecule has 0 aromatic heterocycles. The summed E-state index contributed by atoms with van der Waals surface area (Å²) in [6.45, 7) is 11.7. The van der Waals surface area contributed by atoms with Crippen molar-refractivity contribution in [1.29, 1.82) is 0 Å². The topological polar surface area (TPSA) is 3.24 Å². The van der Waals surface area contributed by atoms with Crippen molar-refractivity contribution in [1.82, 2.24) is 4.90 Å². The zero-order chi connectivity index (χ0) is 9.84. The van der Waals surface area contributed by atoms with Crippen LogP contribution in [0, 0.1) is 11.8 Å². The minimum atomic E-state index is 0.679. The molecule has 1 heteroatoms. The van der Waals surface area contributed by atoms with Crippen LogP contribution >= 0.6 is 0 Å². The third-order valence-corrected chi connectivity index (χ3v) is 2.57. The van der Waals surface area contributed by atoms with E-state index in [9.17, 15) is 0 Å². The number of allylic oxidation sites excluding steroid dienone is 2. The molecule has 0 bridgehead atoms. The molecular weight excluding hydrogens is 158 g/mol. The molecule has 1 heterocycles. The van der Waals surface area contributed by atoms with Gasteiger partial charge in [0.25, 0.3) is 0 Å². The molecule has 1 rings (SSSR count). The number of rotatable bonds is 3. The Morgan fingerprint density at radius 3 is 2.00 bits per heavy atom. The van der Waals surface area contributed by atoms with E-state index in [2.05, 4.69) is 38.7 Å². The Hall–Kier alpha value is -0.460. The third-order valence-electron chi connectivity index (χ3n) is 2.57. The summed E-state index contributed by atoms with van der Waals surface area (Å²) in [4.78, 5) is 2.56. The van der Waals surface area contributed by atoms with Crippen LogP contribution in [0.25, 0.3) is 0 Å². The molecule has 0 saturated carbocycles. The Morgan fingerprint density at radius 1 is 1.08 bits per heavy atom.